The first-order valence-electron chi connectivity index (χ1n) is 4.95. The van der Waals surface area contributed by atoms with Gasteiger partial charge in [0.05, 0.1) is 0 Å². The van der Waals surface area contributed by atoms with Crippen molar-refractivity contribution in [2.75, 3.05) is 0 Å². The van der Waals surface area contributed by atoms with Crippen LogP contribution in [0.25, 0.3) is 0 Å². The largest absolute Gasteiger partial charge is 0.227 e. The first-order valence-corrected chi connectivity index (χ1v) is 6.13. The predicted molar refractivity (Wildman–Crippen MR) is 60.6 cm³/mol. The van der Waals surface area contributed by atoms with Gasteiger partial charge in [0, 0.05) is 11.6 Å². The lowest BCUT2D eigenvalue weighted by molar-refractivity contribution is 0.435. The molecule has 4 heteroatoms. The predicted octanol–water partition coefficient (Wildman–Crippen LogP) is 3.94. The molecule has 2 rings (SSSR count). The van der Waals surface area contributed by atoms with Gasteiger partial charge in [-0.15, -0.1) is 0 Å². The van der Waals surface area contributed by atoms with Gasteiger partial charge in [-0.2, -0.15) is 0 Å². The molecule has 0 unspecified atom stereocenters. The van der Waals surface area contributed by atoms with E-state index in [0.717, 1.165) is 5.69 Å². The molecule has 0 atom stereocenters. The molecule has 14 heavy (non-hydrogen) atoms. The Bertz CT molecular complexity index is 304. The quantitative estimate of drug-likeness (QED) is 0.573. The SMILES string of the molecule is Clc1cc(C2CCCCC2)nc(Br)n1. The Morgan fingerprint density at radius 2 is 1.93 bits per heavy atom. The van der Waals surface area contributed by atoms with Gasteiger partial charge in [-0.3, -0.25) is 0 Å². The smallest absolute Gasteiger partial charge is 0.198 e. The molecule has 0 bridgehead atoms. The summed E-state index contributed by atoms with van der Waals surface area (Å²) in [5, 5.41) is 0.535. The van der Waals surface area contributed by atoms with Crippen molar-refractivity contribution in [1.29, 1.82) is 0 Å². The summed E-state index contributed by atoms with van der Waals surface area (Å²) in [6.07, 6.45) is 6.45. The molecule has 0 N–H and O–H groups in total. The molecule has 0 aliphatic heterocycles. The zero-order chi connectivity index (χ0) is 9.97. The van der Waals surface area contributed by atoms with Crippen LogP contribution < -0.4 is 0 Å². The van der Waals surface area contributed by atoms with Crippen LogP contribution in [0.15, 0.2) is 10.8 Å². The number of hydrogen-bond acceptors (Lipinski definition) is 2. The molecule has 1 heterocycles. The topological polar surface area (TPSA) is 25.8 Å². The zero-order valence-electron chi connectivity index (χ0n) is 7.84. The average molecular weight is 276 g/mol. The van der Waals surface area contributed by atoms with Crippen LogP contribution in [0.2, 0.25) is 5.15 Å². The van der Waals surface area contributed by atoms with E-state index in [9.17, 15) is 0 Å². The van der Waals surface area contributed by atoms with Crippen molar-refractivity contribution in [3.05, 3.63) is 21.6 Å². The van der Waals surface area contributed by atoms with Crippen LogP contribution in [-0.4, -0.2) is 9.97 Å². The highest BCUT2D eigenvalue weighted by atomic mass is 79.9. The Morgan fingerprint density at radius 3 is 2.57 bits per heavy atom. The third-order valence-electron chi connectivity index (χ3n) is 2.71. The Balaban J connectivity index is 2.21. The van der Waals surface area contributed by atoms with Gasteiger partial charge in [0.2, 0.25) is 0 Å². The molecule has 1 aromatic rings. The van der Waals surface area contributed by atoms with Gasteiger partial charge < -0.3 is 0 Å². The first-order chi connectivity index (χ1) is 6.75. The highest BCUT2D eigenvalue weighted by Crippen LogP contribution is 2.32. The van der Waals surface area contributed by atoms with Crippen molar-refractivity contribution in [1.82, 2.24) is 9.97 Å². The van der Waals surface area contributed by atoms with Crippen molar-refractivity contribution < 1.29 is 0 Å². The molecular weight excluding hydrogens is 263 g/mol. The van der Waals surface area contributed by atoms with E-state index in [1.807, 2.05) is 6.07 Å². The zero-order valence-corrected chi connectivity index (χ0v) is 10.2. The molecule has 0 radical (unpaired) electrons. The molecule has 0 amide bonds. The summed E-state index contributed by atoms with van der Waals surface area (Å²) >= 11 is 9.16. The fourth-order valence-electron chi connectivity index (χ4n) is 2.01. The maximum Gasteiger partial charge on any atom is 0.198 e. The van der Waals surface area contributed by atoms with Gasteiger partial charge in [0.15, 0.2) is 4.73 Å². The van der Waals surface area contributed by atoms with Crippen LogP contribution in [0.5, 0.6) is 0 Å². The molecule has 0 aromatic carbocycles. The number of nitrogens with zero attached hydrogens (tertiary/aromatic N) is 2. The molecular formula is C10H12BrClN2. The van der Waals surface area contributed by atoms with Crippen LogP contribution in [0.4, 0.5) is 0 Å². The molecule has 1 aromatic heterocycles. The summed E-state index contributed by atoms with van der Waals surface area (Å²) in [5.74, 6) is 0.584. The van der Waals surface area contributed by atoms with E-state index < -0.39 is 0 Å². The van der Waals surface area contributed by atoms with E-state index >= 15 is 0 Å². The standard InChI is InChI=1S/C10H12BrClN2/c11-10-13-8(6-9(12)14-10)7-4-2-1-3-5-7/h6-7H,1-5H2. The molecule has 0 saturated heterocycles. The van der Waals surface area contributed by atoms with E-state index in [0.29, 0.717) is 15.8 Å². The fraction of sp³-hybridized carbons (Fsp3) is 0.600. The first kappa shape index (κ1) is 10.4. The van der Waals surface area contributed by atoms with E-state index in [-0.39, 0.29) is 0 Å². The summed E-state index contributed by atoms with van der Waals surface area (Å²) in [6, 6.07) is 1.89. The Labute approximate surface area is 97.2 Å². The number of aromatic nitrogens is 2. The Hall–Kier alpha value is -0.150. The maximum atomic E-state index is 5.89. The number of hydrogen-bond donors (Lipinski definition) is 0. The molecule has 1 aliphatic rings. The number of halogens is 2. The van der Waals surface area contributed by atoms with Crippen molar-refractivity contribution in [3.63, 3.8) is 0 Å². The Kier molecular flexibility index (Phi) is 3.39. The maximum absolute atomic E-state index is 5.89. The normalized spacial score (nSPS) is 18.4. The lowest BCUT2D eigenvalue weighted by Crippen LogP contribution is -2.07. The molecule has 1 saturated carbocycles. The highest BCUT2D eigenvalue weighted by Gasteiger charge is 2.17. The second-order valence-electron chi connectivity index (χ2n) is 3.72. The van der Waals surface area contributed by atoms with E-state index in [1.165, 1.54) is 32.1 Å². The van der Waals surface area contributed by atoms with Crippen LogP contribution in [-0.2, 0) is 0 Å². The van der Waals surface area contributed by atoms with E-state index in [2.05, 4.69) is 25.9 Å². The summed E-state index contributed by atoms with van der Waals surface area (Å²) in [7, 11) is 0. The lowest BCUT2D eigenvalue weighted by atomic mass is 9.87. The van der Waals surface area contributed by atoms with Crippen LogP contribution >= 0.6 is 27.5 Å². The van der Waals surface area contributed by atoms with Gasteiger partial charge in [-0.25, -0.2) is 9.97 Å². The number of rotatable bonds is 1. The molecule has 0 spiro atoms. The Morgan fingerprint density at radius 1 is 1.21 bits per heavy atom. The van der Waals surface area contributed by atoms with Crippen LogP contribution in [0.1, 0.15) is 43.7 Å². The van der Waals surface area contributed by atoms with Crippen molar-refractivity contribution in [3.8, 4) is 0 Å². The summed E-state index contributed by atoms with van der Waals surface area (Å²) < 4.78 is 0.602. The average Bonchev–Trinajstić information content (AvgIpc) is 2.18. The van der Waals surface area contributed by atoms with Crippen LogP contribution in [0, 0.1) is 0 Å². The molecule has 1 aliphatic carbocycles. The van der Waals surface area contributed by atoms with Gasteiger partial charge in [-0.05, 0) is 34.8 Å². The third kappa shape index (κ3) is 2.45. The fourth-order valence-corrected chi connectivity index (χ4v) is 2.70. The minimum absolute atomic E-state index is 0.535. The second kappa shape index (κ2) is 4.58. The monoisotopic (exact) mass is 274 g/mol. The van der Waals surface area contributed by atoms with E-state index in [1.54, 1.807) is 0 Å². The van der Waals surface area contributed by atoms with Gasteiger partial charge in [0.25, 0.3) is 0 Å². The third-order valence-corrected chi connectivity index (χ3v) is 3.26. The van der Waals surface area contributed by atoms with Crippen molar-refractivity contribution in [2.24, 2.45) is 0 Å². The van der Waals surface area contributed by atoms with Crippen LogP contribution in [0.3, 0.4) is 0 Å². The summed E-state index contributed by atoms with van der Waals surface area (Å²) in [4.78, 5) is 8.38. The molecule has 1 fully saturated rings. The molecule has 76 valence electrons. The lowest BCUT2D eigenvalue weighted by Gasteiger charge is -2.20. The molecule has 2 nitrogen and oxygen atoms in total. The highest BCUT2D eigenvalue weighted by molar-refractivity contribution is 9.10. The van der Waals surface area contributed by atoms with Gasteiger partial charge >= 0.3 is 0 Å². The van der Waals surface area contributed by atoms with Gasteiger partial charge in [-0.1, -0.05) is 30.9 Å². The summed E-state index contributed by atoms with van der Waals surface area (Å²) in [5.41, 5.74) is 1.09. The van der Waals surface area contributed by atoms with Crippen molar-refractivity contribution in [2.45, 2.75) is 38.0 Å². The minimum Gasteiger partial charge on any atom is -0.227 e. The minimum atomic E-state index is 0.535. The van der Waals surface area contributed by atoms with Crippen molar-refractivity contribution >= 4 is 27.5 Å². The summed E-state index contributed by atoms with van der Waals surface area (Å²) in [6.45, 7) is 0. The van der Waals surface area contributed by atoms with Gasteiger partial charge in [0.1, 0.15) is 5.15 Å². The second-order valence-corrected chi connectivity index (χ2v) is 4.82. The van der Waals surface area contributed by atoms with E-state index in [4.69, 9.17) is 11.6 Å².